The first kappa shape index (κ1) is 46.3. The van der Waals surface area contributed by atoms with Gasteiger partial charge >= 0.3 is 0 Å². The summed E-state index contributed by atoms with van der Waals surface area (Å²) in [5, 5.41) is 1.16. The third-order valence-corrected chi connectivity index (χ3v) is 14.6. The van der Waals surface area contributed by atoms with Gasteiger partial charge in [-0.3, -0.25) is 0 Å². The zero-order valence-corrected chi connectivity index (χ0v) is 41.9. The number of fused-ring (bicyclic) bond motifs is 7. The average Bonchev–Trinajstić information content (AvgIpc) is 3.86. The molecule has 0 radical (unpaired) electrons. The summed E-state index contributed by atoms with van der Waals surface area (Å²) in [6, 6.07) is 44.7. The molecule has 0 N–H and O–H groups in total. The van der Waals surface area contributed by atoms with Gasteiger partial charge < -0.3 is 9.32 Å². The summed E-state index contributed by atoms with van der Waals surface area (Å²) >= 11 is 0. The number of hydrogen-bond donors (Lipinski definition) is 0. The number of allylic oxidation sites excluding steroid dienone is 13. The maximum Gasteiger partial charge on any atom is 0.135 e. The number of aryl methyl sites for hydroxylation is 3. The van der Waals surface area contributed by atoms with Crippen molar-refractivity contribution < 1.29 is 4.42 Å². The zero-order valence-electron chi connectivity index (χ0n) is 41.9. The van der Waals surface area contributed by atoms with Crippen LogP contribution in [0.3, 0.4) is 0 Å². The van der Waals surface area contributed by atoms with Crippen molar-refractivity contribution in [2.75, 3.05) is 4.90 Å². The number of hydrogen-bond acceptors (Lipinski definition) is 2. The van der Waals surface area contributed by atoms with Crippen LogP contribution in [0.2, 0.25) is 0 Å². The molecule has 1 aliphatic heterocycles. The number of furan rings is 1. The van der Waals surface area contributed by atoms with Gasteiger partial charge in [0, 0.05) is 40.2 Å². The molecule has 2 nitrogen and oxygen atoms in total. The molecule has 7 aromatic rings. The van der Waals surface area contributed by atoms with E-state index in [9.17, 15) is 0 Å². The monoisotopic (exact) mass is 912 g/mol. The Morgan fingerprint density at radius 1 is 0.557 bits per heavy atom. The number of anilines is 2. The minimum absolute atomic E-state index is 0.103. The Bertz CT molecular complexity index is 3310. The Morgan fingerprint density at radius 2 is 1.20 bits per heavy atom. The summed E-state index contributed by atoms with van der Waals surface area (Å²) in [4.78, 5) is 2.24. The second-order valence-corrected chi connectivity index (χ2v) is 20.2. The van der Waals surface area contributed by atoms with Gasteiger partial charge in [-0.05, 0) is 155 Å². The Balaban J connectivity index is 0.000000132. The fourth-order valence-electron chi connectivity index (χ4n) is 10.5. The van der Waals surface area contributed by atoms with Crippen molar-refractivity contribution in [3.05, 3.63) is 251 Å². The van der Waals surface area contributed by atoms with Crippen LogP contribution in [0.4, 0.5) is 11.4 Å². The van der Waals surface area contributed by atoms with Crippen molar-refractivity contribution in [3.63, 3.8) is 0 Å². The Labute approximate surface area is 416 Å². The molecule has 2 heterocycles. The van der Waals surface area contributed by atoms with Gasteiger partial charge in [-0.25, -0.2) is 0 Å². The molecule has 0 bridgehead atoms. The number of nitrogens with zero attached hydrogens (tertiary/aromatic N) is 1. The van der Waals surface area contributed by atoms with Gasteiger partial charge in [0.05, 0.1) is 5.69 Å². The van der Waals surface area contributed by atoms with Gasteiger partial charge in [0.25, 0.3) is 0 Å². The molecular weight excluding hydrogens is 847 g/mol. The average molecular weight is 912 g/mol. The molecule has 0 amide bonds. The van der Waals surface area contributed by atoms with E-state index < -0.39 is 0 Å². The van der Waals surface area contributed by atoms with Crippen molar-refractivity contribution >= 4 is 45.1 Å². The van der Waals surface area contributed by atoms with E-state index in [1.165, 1.54) is 97.2 Å². The second kappa shape index (κ2) is 19.9. The van der Waals surface area contributed by atoms with Gasteiger partial charge in [0.1, 0.15) is 11.3 Å². The van der Waals surface area contributed by atoms with E-state index >= 15 is 0 Å². The van der Waals surface area contributed by atoms with Gasteiger partial charge in [-0.1, -0.05) is 197 Å². The van der Waals surface area contributed by atoms with Crippen LogP contribution in [0.15, 0.2) is 199 Å². The molecule has 12 rings (SSSR count). The van der Waals surface area contributed by atoms with E-state index in [1.807, 2.05) is 6.08 Å². The van der Waals surface area contributed by atoms with Crippen LogP contribution >= 0.6 is 0 Å². The predicted molar refractivity (Wildman–Crippen MR) is 302 cm³/mol. The van der Waals surface area contributed by atoms with E-state index in [1.54, 1.807) is 0 Å². The highest BCUT2D eigenvalue weighted by Crippen LogP contribution is 2.50. The Hall–Kier alpha value is -7.42. The van der Waals surface area contributed by atoms with Gasteiger partial charge in [-0.15, -0.1) is 0 Å². The lowest BCUT2D eigenvalue weighted by molar-refractivity contribution is 0.546. The van der Waals surface area contributed by atoms with Crippen molar-refractivity contribution in [3.8, 4) is 22.3 Å². The molecule has 1 aromatic heterocycles. The van der Waals surface area contributed by atoms with Crippen LogP contribution in [0, 0.1) is 13.8 Å². The second-order valence-electron chi connectivity index (χ2n) is 20.2. The van der Waals surface area contributed by atoms with Gasteiger partial charge in [-0.2, -0.15) is 0 Å². The van der Waals surface area contributed by atoms with Crippen LogP contribution in [0.5, 0.6) is 0 Å². The molecule has 348 valence electrons. The fraction of sp³-hybridized carbons (Fsp3) is 0.206. The van der Waals surface area contributed by atoms with E-state index in [-0.39, 0.29) is 5.41 Å². The van der Waals surface area contributed by atoms with Crippen LogP contribution < -0.4 is 4.90 Å². The summed E-state index contributed by atoms with van der Waals surface area (Å²) in [5.74, 6) is 1.70. The molecule has 0 saturated heterocycles. The van der Waals surface area contributed by atoms with Crippen LogP contribution in [-0.4, -0.2) is 0 Å². The fourth-order valence-corrected chi connectivity index (χ4v) is 10.5. The Morgan fingerprint density at radius 3 is 1.89 bits per heavy atom. The molecule has 70 heavy (non-hydrogen) atoms. The minimum atomic E-state index is 0.103. The molecule has 2 heteroatoms. The third-order valence-electron chi connectivity index (χ3n) is 14.6. The smallest absolute Gasteiger partial charge is 0.135 e. The SMILES string of the molecule is C=C1/C=C\C=C/N(c2ccc(-c3ccc(C)cc3)cc2)c2cc3c4c(oc3cc21)CCC=C4.CC(C)c1ccc(C2=CCCC=C2)cc1.Cc1ccc2c(c1)C(C)(C)c1ccc(C3=CCCC=C3)cc1-2. The first-order valence-corrected chi connectivity index (χ1v) is 25.4. The normalized spacial score (nSPS) is 16.8. The predicted octanol–water partition coefficient (Wildman–Crippen LogP) is 19.2. The highest BCUT2D eigenvalue weighted by Gasteiger charge is 2.35. The number of benzene rings is 6. The number of rotatable bonds is 5. The van der Waals surface area contributed by atoms with Crippen molar-refractivity contribution in [2.45, 2.75) is 91.4 Å². The lowest BCUT2D eigenvalue weighted by atomic mass is 9.81. The van der Waals surface area contributed by atoms with Crippen LogP contribution in [-0.2, 0) is 11.8 Å². The largest absolute Gasteiger partial charge is 0.460 e. The van der Waals surface area contributed by atoms with Crippen molar-refractivity contribution in [2.24, 2.45) is 0 Å². The van der Waals surface area contributed by atoms with Crippen LogP contribution in [0.25, 0.3) is 56.0 Å². The maximum absolute atomic E-state index is 6.24. The van der Waals surface area contributed by atoms with E-state index in [0.717, 1.165) is 58.5 Å². The lowest BCUT2D eigenvalue weighted by Crippen LogP contribution is -2.15. The first-order valence-electron chi connectivity index (χ1n) is 25.4. The molecule has 0 spiro atoms. The molecule has 5 aliphatic rings. The van der Waals surface area contributed by atoms with Crippen molar-refractivity contribution in [1.82, 2.24) is 0 Å². The topological polar surface area (TPSA) is 16.4 Å². The molecule has 0 fully saturated rings. The van der Waals surface area contributed by atoms with E-state index in [4.69, 9.17) is 4.42 Å². The van der Waals surface area contributed by atoms with Crippen molar-refractivity contribution in [1.29, 1.82) is 0 Å². The summed E-state index contributed by atoms with van der Waals surface area (Å²) in [6.45, 7) is 17.8. The highest BCUT2D eigenvalue weighted by molar-refractivity contribution is 5.98. The molecule has 4 aliphatic carbocycles. The highest BCUT2D eigenvalue weighted by atomic mass is 16.3. The third kappa shape index (κ3) is 9.48. The maximum atomic E-state index is 6.24. The van der Waals surface area contributed by atoms with E-state index in [0.29, 0.717) is 5.92 Å². The first-order chi connectivity index (χ1) is 34.0. The quantitative estimate of drug-likeness (QED) is 0.171. The summed E-state index contributed by atoms with van der Waals surface area (Å²) in [6.07, 6.45) is 33.1. The Kier molecular flexibility index (Phi) is 13.2. The molecule has 0 atom stereocenters. The summed E-state index contributed by atoms with van der Waals surface area (Å²) in [5.41, 5.74) is 24.2. The molecule has 0 unspecified atom stereocenters. The standard InChI is InChI=1S/C31H25NO.C22H22.C15H18/c1-21-10-12-23(13-11-21)24-14-16-25(17-15-24)32-18-6-5-7-22(2)27-20-31-28(19-29(27)32)26-8-3-4-9-30(26)33-31;1-15-9-11-18-19-14-17(16-7-5-4-6-8-16)10-12-20(19)22(2,3)21(18)13-15;1-12(2)13-8-10-15(11-9-13)14-6-4-3-5-7-14/h3,5-8,10-20H,2,4,9H2,1H3;5,7-14H,4,6H2,1-3H3;4,6-12H,3,5H2,1-2H3/b7-5-,18-6-;;. The van der Waals surface area contributed by atoms with Gasteiger partial charge in [0.15, 0.2) is 0 Å². The lowest BCUT2D eigenvalue weighted by Gasteiger charge is -2.25. The van der Waals surface area contributed by atoms with Crippen LogP contribution in [0.1, 0.15) is 122 Å². The summed E-state index contributed by atoms with van der Waals surface area (Å²) < 4.78 is 6.24. The molecular formula is C68H65NO. The molecule has 0 saturated carbocycles. The molecule has 6 aromatic carbocycles. The van der Waals surface area contributed by atoms with E-state index in [2.05, 4.69) is 241 Å². The van der Waals surface area contributed by atoms with Gasteiger partial charge in [0.2, 0.25) is 0 Å². The zero-order chi connectivity index (χ0) is 48.4. The minimum Gasteiger partial charge on any atom is -0.460 e. The summed E-state index contributed by atoms with van der Waals surface area (Å²) in [7, 11) is 0.